The van der Waals surface area contributed by atoms with Crippen LogP contribution >= 0.6 is 11.5 Å². The predicted molar refractivity (Wildman–Crippen MR) is 87.2 cm³/mol. The Hall–Kier alpha value is -1.99. The fourth-order valence-corrected chi connectivity index (χ4v) is 3.32. The van der Waals surface area contributed by atoms with Crippen LogP contribution in [0.3, 0.4) is 0 Å². The molecule has 0 aliphatic carbocycles. The first kappa shape index (κ1) is 14.9. The number of rotatable bonds is 4. The van der Waals surface area contributed by atoms with Gasteiger partial charge in [-0.25, -0.2) is 0 Å². The van der Waals surface area contributed by atoms with Gasteiger partial charge >= 0.3 is 0 Å². The number of amides is 1. The van der Waals surface area contributed by atoms with E-state index in [2.05, 4.69) is 49.0 Å². The molecule has 0 saturated carbocycles. The number of carbonyl (C=O) groups excluding carboxylic acids is 1. The van der Waals surface area contributed by atoms with Crippen LogP contribution in [0.4, 0.5) is 5.00 Å². The molecule has 1 aromatic heterocycles. The average Bonchev–Trinajstić information content (AvgIpc) is 3.05. The van der Waals surface area contributed by atoms with Crippen molar-refractivity contribution in [1.29, 1.82) is 0 Å². The van der Waals surface area contributed by atoms with Gasteiger partial charge in [0.15, 0.2) is 5.69 Å². The maximum absolute atomic E-state index is 11.8. The molecule has 2 aromatic rings. The molecule has 2 heterocycles. The fraction of sp³-hybridized carbons (Fsp3) is 0.400. The summed E-state index contributed by atoms with van der Waals surface area (Å²) in [5, 5.41) is 7.44. The zero-order valence-electron chi connectivity index (χ0n) is 12.5. The van der Waals surface area contributed by atoms with Gasteiger partial charge in [0.2, 0.25) is 0 Å². The zero-order chi connectivity index (χ0) is 15.4. The Morgan fingerprint density at radius 2 is 1.95 bits per heavy atom. The van der Waals surface area contributed by atoms with Crippen molar-refractivity contribution in [2.75, 3.05) is 38.1 Å². The molecule has 0 unspecified atom stereocenters. The summed E-state index contributed by atoms with van der Waals surface area (Å²) >= 11 is 1.29. The number of carbonyl (C=O) groups is 1. The second-order valence-electron chi connectivity index (χ2n) is 5.25. The van der Waals surface area contributed by atoms with E-state index in [0.717, 1.165) is 37.7 Å². The van der Waals surface area contributed by atoms with E-state index >= 15 is 0 Å². The lowest BCUT2D eigenvalue weighted by atomic mass is 10.2. The molecule has 1 aromatic carbocycles. The third-order valence-electron chi connectivity index (χ3n) is 3.82. The molecule has 116 valence electrons. The van der Waals surface area contributed by atoms with E-state index in [9.17, 15) is 4.79 Å². The van der Waals surface area contributed by atoms with E-state index in [1.165, 1.54) is 17.1 Å². The van der Waals surface area contributed by atoms with Gasteiger partial charge in [-0.05, 0) is 5.56 Å². The van der Waals surface area contributed by atoms with Crippen molar-refractivity contribution in [3.8, 4) is 0 Å². The molecule has 0 bridgehead atoms. The van der Waals surface area contributed by atoms with Gasteiger partial charge in [-0.1, -0.05) is 34.8 Å². The minimum absolute atomic E-state index is 0.171. The summed E-state index contributed by atoms with van der Waals surface area (Å²) in [5.41, 5.74) is 1.77. The summed E-state index contributed by atoms with van der Waals surface area (Å²) in [6.45, 7) is 4.69. The van der Waals surface area contributed by atoms with Crippen molar-refractivity contribution in [2.24, 2.45) is 0 Å². The molecule has 0 radical (unpaired) electrons. The molecule has 22 heavy (non-hydrogen) atoms. The largest absolute Gasteiger partial charge is 0.358 e. The van der Waals surface area contributed by atoms with E-state index in [-0.39, 0.29) is 5.91 Å². The van der Waals surface area contributed by atoms with E-state index in [4.69, 9.17) is 0 Å². The van der Waals surface area contributed by atoms with Crippen molar-refractivity contribution >= 4 is 22.4 Å². The highest BCUT2D eigenvalue weighted by Gasteiger charge is 2.24. The van der Waals surface area contributed by atoms with Crippen LogP contribution in [0.1, 0.15) is 16.1 Å². The Labute approximate surface area is 133 Å². The smallest absolute Gasteiger partial charge is 0.274 e. The third-order valence-corrected chi connectivity index (χ3v) is 4.61. The quantitative estimate of drug-likeness (QED) is 0.919. The molecular formula is C15H19N5OS. The Morgan fingerprint density at radius 3 is 2.64 bits per heavy atom. The number of anilines is 1. The van der Waals surface area contributed by atoms with Crippen molar-refractivity contribution in [3.05, 3.63) is 41.6 Å². The minimum Gasteiger partial charge on any atom is -0.358 e. The lowest BCUT2D eigenvalue weighted by Gasteiger charge is -2.35. The molecule has 0 atom stereocenters. The van der Waals surface area contributed by atoms with Gasteiger partial charge in [0.1, 0.15) is 5.00 Å². The summed E-state index contributed by atoms with van der Waals surface area (Å²) in [7, 11) is 1.61. The number of hydrogen-bond donors (Lipinski definition) is 1. The van der Waals surface area contributed by atoms with Gasteiger partial charge in [0, 0.05) is 51.3 Å². The van der Waals surface area contributed by atoms with Crippen molar-refractivity contribution in [2.45, 2.75) is 6.54 Å². The second kappa shape index (κ2) is 6.85. The van der Waals surface area contributed by atoms with Gasteiger partial charge in [0.05, 0.1) is 0 Å². The molecule has 7 heteroatoms. The number of aromatic nitrogens is 2. The van der Waals surface area contributed by atoms with Crippen molar-refractivity contribution in [1.82, 2.24) is 19.8 Å². The number of benzene rings is 1. The van der Waals surface area contributed by atoms with Crippen molar-refractivity contribution in [3.63, 3.8) is 0 Å². The van der Waals surface area contributed by atoms with Gasteiger partial charge in [0.25, 0.3) is 5.91 Å². The van der Waals surface area contributed by atoms with E-state index in [0.29, 0.717) is 5.69 Å². The molecule has 1 N–H and O–H groups in total. The van der Waals surface area contributed by atoms with Crippen LogP contribution in [0.25, 0.3) is 0 Å². The van der Waals surface area contributed by atoms with Crippen LogP contribution in [0, 0.1) is 0 Å². The molecule has 1 amide bonds. The summed E-state index contributed by atoms with van der Waals surface area (Å²) in [4.78, 5) is 16.4. The first-order valence-corrected chi connectivity index (χ1v) is 8.11. The maximum atomic E-state index is 11.8. The molecular weight excluding hydrogens is 298 g/mol. The number of hydrogen-bond acceptors (Lipinski definition) is 6. The molecule has 6 nitrogen and oxygen atoms in total. The highest BCUT2D eigenvalue weighted by molar-refractivity contribution is 7.10. The second-order valence-corrected chi connectivity index (χ2v) is 5.99. The maximum Gasteiger partial charge on any atom is 0.274 e. The summed E-state index contributed by atoms with van der Waals surface area (Å²) in [6.07, 6.45) is 0. The predicted octanol–water partition coefficient (Wildman–Crippen LogP) is 1.22. The molecule has 0 spiro atoms. The topological polar surface area (TPSA) is 61.4 Å². The van der Waals surface area contributed by atoms with E-state index < -0.39 is 0 Å². The highest BCUT2D eigenvalue weighted by Crippen LogP contribution is 2.24. The Bertz CT molecular complexity index is 622. The number of nitrogens with zero attached hydrogens (tertiary/aromatic N) is 4. The zero-order valence-corrected chi connectivity index (χ0v) is 13.3. The molecule has 1 fully saturated rings. The number of piperazine rings is 1. The molecule has 3 rings (SSSR count). The van der Waals surface area contributed by atoms with Crippen LogP contribution in [0.15, 0.2) is 30.3 Å². The van der Waals surface area contributed by atoms with Crippen LogP contribution in [-0.2, 0) is 6.54 Å². The molecule has 1 aliphatic heterocycles. The van der Waals surface area contributed by atoms with Crippen LogP contribution < -0.4 is 10.2 Å². The normalized spacial score (nSPS) is 15.8. The summed E-state index contributed by atoms with van der Waals surface area (Å²) in [6, 6.07) is 10.5. The van der Waals surface area contributed by atoms with Gasteiger partial charge < -0.3 is 10.2 Å². The van der Waals surface area contributed by atoms with Crippen LogP contribution in [0.2, 0.25) is 0 Å². The average molecular weight is 317 g/mol. The van der Waals surface area contributed by atoms with Gasteiger partial charge in [-0.15, -0.1) is 5.10 Å². The van der Waals surface area contributed by atoms with E-state index in [1.807, 2.05) is 6.07 Å². The standard InChI is InChI=1S/C15H19N5OS/c1-16-14(21)13-15(22-18-17-13)20-9-7-19(8-10-20)11-12-5-3-2-4-6-12/h2-6H,7-11H2,1H3,(H,16,21). The Balaban J connectivity index is 1.60. The summed E-state index contributed by atoms with van der Waals surface area (Å²) in [5.74, 6) is -0.171. The Morgan fingerprint density at radius 1 is 1.23 bits per heavy atom. The van der Waals surface area contributed by atoms with Gasteiger partial charge in [-0.2, -0.15) is 0 Å². The first-order chi connectivity index (χ1) is 10.8. The van der Waals surface area contributed by atoms with Crippen molar-refractivity contribution < 1.29 is 4.79 Å². The Kier molecular flexibility index (Phi) is 4.65. The van der Waals surface area contributed by atoms with E-state index in [1.54, 1.807) is 7.05 Å². The fourth-order valence-electron chi connectivity index (χ4n) is 2.61. The minimum atomic E-state index is -0.171. The lowest BCUT2D eigenvalue weighted by molar-refractivity contribution is 0.0958. The van der Waals surface area contributed by atoms with Gasteiger partial charge in [-0.3, -0.25) is 9.69 Å². The monoisotopic (exact) mass is 317 g/mol. The third kappa shape index (κ3) is 3.26. The van der Waals surface area contributed by atoms with Crippen LogP contribution in [-0.4, -0.2) is 53.6 Å². The first-order valence-electron chi connectivity index (χ1n) is 7.33. The lowest BCUT2D eigenvalue weighted by Crippen LogP contribution is -2.46. The summed E-state index contributed by atoms with van der Waals surface area (Å²) < 4.78 is 3.93. The molecule has 1 aliphatic rings. The SMILES string of the molecule is CNC(=O)c1nnsc1N1CCN(Cc2ccccc2)CC1. The van der Waals surface area contributed by atoms with Crippen LogP contribution in [0.5, 0.6) is 0 Å². The highest BCUT2D eigenvalue weighted by atomic mass is 32.1. The number of nitrogens with one attached hydrogen (secondary N) is 1. The molecule has 1 saturated heterocycles.